The van der Waals surface area contributed by atoms with E-state index < -0.39 is 0 Å². The van der Waals surface area contributed by atoms with E-state index in [1.807, 2.05) is 26.0 Å². The molecule has 3 rings (SSSR count). The van der Waals surface area contributed by atoms with E-state index >= 15 is 0 Å². The first kappa shape index (κ1) is 21.1. The van der Waals surface area contributed by atoms with Crippen LogP contribution in [0, 0.1) is 0 Å². The summed E-state index contributed by atoms with van der Waals surface area (Å²) in [6.45, 7) is 7.29. The molecule has 0 aliphatic carbocycles. The van der Waals surface area contributed by atoms with E-state index in [4.69, 9.17) is 21.1 Å². The van der Waals surface area contributed by atoms with E-state index in [1.165, 1.54) is 0 Å². The Balaban J connectivity index is 1.73. The Morgan fingerprint density at radius 2 is 1.83 bits per heavy atom. The topological polar surface area (TPSA) is 62.2 Å². The maximum atomic E-state index is 13.0. The van der Waals surface area contributed by atoms with Crippen molar-refractivity contribution in [1.29, 1.82) is 0 Å². The molecule has 1 aliphatic rings. The van der Waals surface area contributed by atoms with Gasteiger partial charge < -0.3 is 24.4 Å². The Labute approximate surface area is 176 Å². The molecule has 2 aromatic carbocycles. The molecule has 0 radical (unpaired) electrons. The maximum absolute atomic E-state index is 13.0. The third-order valence-electron chi connectivity index (χ3n) is 4.80. The van der Waals surface area contributed by atoms with Gasteiger partial charge in [-0.25, -0.2) is 0 Å². The van der Waals surface area contributed by atoms with Crippen molar-refractivity contribution in [1.82, 2.24) is 4.90 Å². The molecule has 29 heavy (non-hydrogen) atoms. The van der Waals surface area contributed by atoms with Crippen LogP contribution in [0.25, 0.3) is 0 Å². The van der Waals surface area contributed by atoms with Crippen molar-refractivity contribution in [3.05, 3.63) is 47.0 Å². The van der Waals surface area contributed by atoms with Crippen LogP contribution in [0.4, 0.5) is 5.69 Å². The second-order valence-corrected chi connectivity index (χ2v) is 7.24. The molecule has 1 N–H and O–H groups in total. The highest BCUT2D eigenvalue weighted by Crippen LogP contribution is 2.37. The molecule has 1 amide bonds. The Morgan fingerprint density at radius 3 is 2.48 bits per heavy atom. The van der Waals surface area contributed by atoms with Crippen LogP contribution in [-0.4, -0.2) is 55.3 Å². The average Bonchev–Trinajstić information content (AvgIpc) is 2.73. The maximum Gasteiger partial charge on any atom is 0.254 e. The van der Waals surface area contributed by atoms with Gasteiger partial charge in [0.25, 0.3) is 5.91 Å². The number of rotatable bonds is 7. The summed E-state index contributed by atoms with van der Waals surface area (Å²) in [6, 6.07) is 10.6. The zero-order valence-electron chi connectivity index (χ0n) is 16.9. The number of nitrogens with zero attached hydrogens (tertiary/aromatic N) is 2. The lowest BCUT2D eigenvalue weighted by Crippen LogP contribution is -2.48. The van der Waals surface area contributed by atoms with Crippen molar-refractivity contribution in [2.45, 2.75) is 20.3 Å². The van der Waals surface area contributed by atoms with E-state index in [2.05, 4.69) is 4.90 Å². The van der Waals surface area contributed by atoms with Crippen molar-refractivity contribution >= 4 is 23.2 Å². The minimum absolute atomic E-state index is 0.0909. The highest BCUT2D eigenvalue weighted by molar-refractivity contribution is 6.32. The van der Waals surface area contributed by atoms with Gasteiger partial charge in [-0.2, -0.15) is 0 Å². The molecule has 1 saturated heterocycles. The van der Waals surface area contributed by atoms with Crippen LogP contribution < -0.4 is 14.4 Å². The summed E-state index contributed by atoms with van der Waals surface area (Å²) in [5, 5.41) is 10.4. The van der Waals surface area contributed by atoms with E-state index in [0.717, 1.165) is 12.1 Å². The number of anilines is 1. The van der Waals surface area contributed by atoms with Gasteiger partial charge in [-0.15, -0.1) is 0 Å². The summed E-state index contributed by atoms with van der Waals surface area (Å²) in [5.41, 5.74) is 1.28. The predicted octanol–water partition coefficient (Wildman–Crippen LogP) is 4.20. The monoisotopic (exact) mass is 418 g/mol. The molecule has 0 saturated carbocycles. The number of phenolic OH excluding ortho intramolecular Hbond substituents is 1. The lowest BCUT2D eigenvalue weighted by molar-refractivity contribution is 0.0746. The number of para-hydroxylation sites is 2. The number of aromatic hydroxyl groups is 1. The molecule has 6 nitrogen and oxygen atoms in total. The predicted molar refractivity (Wildman–Crippen MR) is 115 cm³/mol. The van der Waals surface area contributed by atoms with Crippen molar-refractivity contribution in [2.75, 3.05) is 44.3 Å². The first-order valence-corrected chi connectivity index (χ1v) is 10.3. The Hall–Kier alpha value is -2.60. The molecule has 0 spiro atoms. The molecule has 0 aromatic heterocycles. The summed E-state index contributed by atoms with van der Waals surface area (Å²) in [5.74, 6) is 1.14. The minimum atomic E-state index is -0.0909. The largest absolute Gasteiger partial charge is 0.506 e. The molecule has 1 aliphatic heterocycles. The van der Waals surface area contributed by atoms with Crippen LogP contribution in [0.5, 0.6) is 17.2 Å². The molecule has 1 fully saturated rings. The molecule has 0 unspecified atom stereocenters. The van der Waals surface area contributed by atoms with E-state index in [-0.39, 0.29) is 11.7 Å². The quantitative estimate of drug-likeness (QED) is 0.730. The van der Waals surface area contributed by atoms with Gasteiger partial charge in [-0.3, -0.25) is 4.79 Å². The number of piperazine rings is 1. The molecule has 7 heteroatoms. The first-order valence-electron chi connectivity index (χ1n) is 9.96. The molecular formula is C22H27ClN2O4. The van der Waals surface area contributed by atoms with Crippen LogP contribution in [-0.2, 0) is 0 Å². The van der Waals surface area contributed by atoms with Gasteiger partial charge in [0, 0.05) is 31.7 Å². The zero-order valence-corrected chi connectivity index (χ0v) is 17.6. The third-order valence-corrected chi connectivity index (χ3v) is 5.08. The van der Waals surface area contributed by atoms with Gasteiger partial charge >= 0.3 is 0 Å². The van der Waals surface area contributed by atoms with Gasteiger partial charge in [-0.1, -0.05) is 30.7 Å². The van der Waals surface area contributed by atoms with Gasteiger partial charge in [0.05, 0.1) is 23.9 Å². The summed E-state index contributed by atoms with van der Waals surface area (Å²) in [6.07, 6.45) is 0.851. The van der Waals surface area contributed by atoms with Crippen molar-refractivity contribution in [3.63, 3.8) is 0 Å². The normalized spacial score (nSPS) is 14.0. The molecular weight excluding hydrogens is 392 g/mol. The fraction of sp³-hybridized carbons (Fsp3) is 0.409. The highest BCUT2D eigenvalue weighted by atomic mass is 35.5. The lowest BCUT2D eigenvalue weighted by Gasteiger charge is -2.36. The Bertz CT molecular complexity index is 851. The molecule has 0 atom stereocenters. The summed E-state index contributed by atoms with van der Waals surface area (Å²) < 4.78 is 11.4. The van der Waals surface area contributed by atoms with Gasteiger partial charge in [0.1, 0.15) is 5.75 Å². The smallest absolute Gasteiger partial charge is 0.254 e. The number of phenols is 1. The summed E-state index contributed by atoms with van der Waals surface area (Å²) in [7, 11) is 0. The number of ether oxygens (including phenoxy) is 2. The number of hydrogen-bond acceptors (Lipinski definition) is 5. The lowest BCUT2D eigenvalue weighted by atomic mass is 10.1. The minimum Gasteiger partial charge on any atom is -0.506 e. The van der Waals surface area contributed by atoms with Crippen LogP contribution in [0.15, 0.2) is 36.4 Å². The fourth-order valence-corrected chi connectivity index (χ4v) is 3.63. The molecule has 2 aromatic rings. The van der Waals surface area contributed by atoms with Crippen molar-refractivity contribution in [2.24, 2.45) is 0 Å². The van der Waals surface area contributed by atoms with Gasteiger partial charge in [-0.05, 0) is 37.6 Å². The summed E-state index contributed by atoms with van der Waals surface area (Å²) >= 11 is 6.40. The van der Waals surface area contributed by atoms with Crippen molar-refractivity contribution in [3.8, 4) is 17.2 Å². The third kappa shape index (κ3) is 4.88. The number of amides is 1. The van der Waals surface area contributed by atoms with Crippen LogP contribution in [0.1, 0.15) is 30.6 Å². The average molecular weight is 419 g/mol. The summed E-state index contributed by atoms with van der Waals surface area (Å²) in [4.78, 5) is 16.9. The van der Waals surface area contributed by atoms with Crippen LogP contribution in [0.3, 0.4) is 0 Å². The molecule has 156 valence electrons. The number of carbonyl (C=O) groups excluding carboxylic acids is 1. The first-order chi connectivity index (χ1) is 14.0. The second-order valence-electron chi connectivity index (χ2n) is 6.83. The standard InChI is InChI=1S/C22H27ClN2O4/c1-3-13-29-21-17(23)14-16(15-20(21)28-4-2)22(27)25-11-9-24(10-12-25)18-7-5-6-8-19(18)26/h5-8,14-15,26H,3-4,9-13H2,1-2H3. The van der Waals surface area contributed by atoms with E-state index in [1.54, 1.807) is 29.2 Å². The number of carbonyl (C=O) groups is 1. The number of benzene rings is 2. The van der Waals surface area contributed by atoms with Crippen LogP contribution in [0.2, 0.25) is 5.02 Å². The SMILES string of the molecule is CCCOc1c(Cl)cc(C(=O)N2CCN(c3ccccc3O)CC2)cc1OCC. The number of hydrogen-bond donors (Lipinski definition) is 1. The molecule has 0 bridgehead atoms. The van der Waals surface area contributed by atoms with Crippen molar-refractivity contribution < 1.29 is 19.4 Å². The molecule has 1 heterocycles. The van der Waals surface area contributed by atoms with Gasteiger partial charge in [0.15, 0.2) is 11.5 Å². The Morgan fingerprint density at radius 1 is 1.10 bits per heavy atom. The van der Waals surface area contributed by atoms with E-state index in [9.17, 15) is 9.90 Å². The Kier molecular flexibility index (Phi) is 7.09. The number of halogens is 1. The zero-order chi connectivity index (χ0) is 20.8. The second kappa shape index (κ2) is 9.74. The highest BCUT2D eigenvalue weighted by Gasteiger charge is 2.25. The van der Waals surface area contributed by atoms with Gasteiger partial charge in [0.2, 0.25) is 0 Å². The fourth-order valence-electron chi connectivity index (χ4n) is 3.36. The van der Waals surface area contributed by atoms with E-state index in [0.29, 0.717) is 61.5 Å². The van der Waals surface area contributed by atoms with Crippen LogP contribution >= 0.6 is 11.6 Å².